The molecule has 4 aromatic rings. The van der Waals surface area contributed by atoms with Crippen molar-refractivity contribution in [3.63, 3.8) is 0 Å². The zero-order valence-corrected chi connectivity index (χ0v) is 20.0. The van der Waals surface area contributed by atoms with Crippen molar-refractivity contribution in [3.8, 4) is 17.1 Å². The minimum absolute atomic E-state index is 0.0698. The Morgan fingerprint density at radius 1 is 1.11 bits per heavy atom. The van der Waals surface area contributed by atoms with Crippen LogP contribution in [0.5, 0.6) is 5.88 Å². The number of pyridine rings is 1. The number of imidazole rings is 2. The van der Waals surface area contributed by atoms with E-state index >= 15 is 0 Å². The monoisotopic (exact) mass is 496 g/mol. The Morgan fingerprint density at radius 2 is 1.86 bits per heavy atom. The molecule has 1 atom stereocenters. The molecule has 10 nitrogen and oxygen atoms in total. The number of hydrogen-bond acceptors (Lipinski definition) is 6. The lowest BCUT2D eigenvalue weighted by Gasteiger charge is -2.11. The van der Waals surface area contributed by atoms with Gasteiger partial charge in [-0.25, -0.2) is 14.6 Å². The predicted octanol–water partition coefficient (Wildman–Crippen LogP) is 4.08. The van der Waals surface area contributed by atoms with Crippen LogP contribution in [-0.4, -0.2) is 52.1 Å². The lowest BCUT2D eigenvalue weighted by molar-refractivity contribution is 0.0680. The van der Waals surface area contributed by atoms with Crippen LogP contribution in [0.1, 0.15) is 41.6 Å². The van der Waals surface area contributed by atoms with Crippen molar-refractivity contribution < 1.29 is 29.1 Å². The number of carboxylic acid groups (broad SMARTS) is 2. The molecule has 0 spiro atoms. The first-order valence-corrected chi connectivity index (χ1v) is 12.5. The SMILES string of the molecule is CCCCc1nc([S+](C)[O-])c(C(=O)O)n1Cc1ccc(-c2nc3ccccn3c2OC(=O)O)cc1. The number of unbranched alkanes of at least 4 members (excludes halogenated alkanes) is 1. The van der Waals surface area contributed by atoms with E-state index in [1.807, 2.05) is 19.1 Å². The number of hydrogen-bond donors (Lipinski definition) is 2. The highest BCUT2D eigenvalue weighted by atomic mass is 32.2. The van der Waals surface area contributed by atoms with E-state index in [0.717, 1.165) is 18.4 Å². The fourth-order valence-corrected chi connectivity index (χ4v) is 4.57. The Bertz CT molecular complexity index is 1380. The van der Waals surface area contributed by atoms with Gasteiger partial charge in [-0.2, -0.15) is 4.98 Å². The molecule has 0 bridgehead atoms. The van der Waals surface area contributed by atoms with Crippen LogP contribution in [0.25, 0.3) is 16.9 Å². The van der Waals surface area contributed by atoms with Crippen LogP contribution in [0.3, 0.4) is 0 Å². The largest absolute Gasteiger partial charge is 0.610 e. The summed E-state index contributed by atoms with van der Waals surface area (Å²) in [5, 5.41) is 19.1. The molecular formula is C24H24N4O6S. The standard InChI is InChI=1S/C24H24N4O6S/c1-3-4-7-18-26-21(35(2)33)20(23(29)30)28(18)14-15-9-11-16(12-10-15)19-22(34-24(31)32)27-13-6-5-8-17(27)25-19/h5-6,8-13H,3-4,7,14H2,1-2H3,(H,29,30)(H,31,32). The minimum Gasteiger partial charge on any atom is -0.610 e. The summed E-state index contributed by atoms with van der Waals surface area (Å²) < 4.78 is 20.3. The van der Waals surface area contributed by atoms with Gasteiger partial charge in [0.05, 0.1) is 0 Å². The molecule has 2 N–H and O–H groups in total. The summed E-state index contributed by atoms with van der Waals surface area (Å²) in [6, 6.07) is 12.4. The van der Waals surface area contributed by atoms with E-state index in [-0.39, 0.29) is 23.1 Å². The number of fused-ring (bicyclic) bond motifs is 1. The molecule has 0 fully saturated rings. The van der Waals surface area contributed by atoms with Crippen LogP contribution >= 0.6 is 0 Å². The van der Waals surface area contributed by atoms with Crippen LogP contribution in [0.4, 0.5) is 4.79 Å². The molecule has 3 aromatic heterocycles. The van der Waals surface area contributed by atoms with Gasteiger partial charge < -0.3 is 24.1 Å². The van der Waals surface area contributed by atoms with Crippen LogP contribution in [0, 0.1) is 0 Å². The molecule has 3 heterocycles. The summed E-state index contributed by atoms with van der Waals surface area (Å²) in [5.41, 5.74) is 2.27. The maximum Gasteiger partial charge on any atom is 0.512 e. The zero-order valence-electron chi connectivity index (χ0n) is 19.2. The van der Waals surface area contributed by atoms with Crippen molar-refractivity contribution in [1.82, 2.24) is 18.9 Å². The molecule has 0 saturated carbocycles. The van der Waals surface area contributed by atoms with E-state index in [9.17, 15) is 24.4 Å². The molecule has 1 aromatic carbocycles. The van der Waals surface area contributed by atoms with E-state index in [0.29, 0.717) is 29.1 Å². The van der Waals surface area contributed by atoms with E-state index in [1.165, 1.54) is 6.26 Å². The summed E-state index contributed by atoms with van der Waals surface area (Å²) in [4.78, 5) is 32.2. The summed E-state index contributed by atoms with van der Waals surface area (Å²) >= 11 is -1.54. The van der Waals surface area contributed by atoms with Gasteiger partial charge in [-0.1, -0.05) is 43.7 Å². The van der Waals surface area contributed by atoms with Gasteiger partial charge in [0.2, 0.25) is 11.6 Å². The van der Waals surface area contributed by atoms with Gasteiger partial charge in [0.1, 0.15) is 23.4 Å². The molecule has 0 aliphatic heterocycles. The molecule has 4 rings (SSSR count). The predicted molar refractivity (Wildman–Crippen MR) is 129 cm³/mol. The normalized spacial score (nSPS) is 12.1. The second-order valence-corrected chi connectivity index (χ2v) is 9.19. The Balaban J connectivity index is 1.71. The molecule has 11 heteroatoms. The van der Waals surface area contributed by atoms with Crippen molar-refractivity contribution >= 4 is 28.9 Å². The number of aryl methyl sites for hydroxylation is 1. The topological polar surface area (TPSA) is 142 Å². The molecular weight excluding hydrogens is 472 g/mol. The third kappa shape index (κ3) is 5.00. The minimum atomic E-state index is -1.54. The Hall–Kier alpha value is -3.83. The zero-order chi connectivity index (χ0) is 25.1. The number of ether oxygens (including phenoxy) is 1. The molecule has 0 amide bonds. The first-order valence-electron chi connectivity index (χ1n) is 10.9. The van der Waals surface area contributed by atoms with Gasteiger partial charge in [-0.15, -0.1) is 0 Å². The number of carbonyl (C=O) groups is 2. The Kier molecular flexibility index (Phi) is 7.08. The highest BCUT2D eigenvalue weighted by Crippen LogP contribution is 2.31. The first-order chi connectivity index (χ1) is 16.8. The number of aromatic carboxylic acids is 1. The highest BCUT2D eigenvalue weighted by Gasteiger charge is 2.29. The Morgan fingerprint density at radius 3 is 2.49 bits per heavy atom. The maximum absolute atomic E-state index is 12.2. The van der Waals surface area contributed by atoms with E-state index in [4.69, 9.17) is 4.74 Å². The number of carboxylic acids is 1. The van der Waals surface area contributed by atoms with Gasteiger partial charge in [0, 0.05) is 35.9 Å². The van der Waals surface area contributed by atoms with Crippen molar-refractivity contribution in [2.75, 3.05) is 6.26 Å². The van der Waals surface area contributed by atoms with Crippen molar-refractivity contribution in [3.05, 3.63) is 65.7 Å². The van der Waals surface area contributed by atoms with Crippen molar-refractivity contribution in [1.29, 1.82) is 0 Å². The van der Waals surface area contributed by atoms with Crippen molar-refractivity contribution in [2.45, 2.75) is 37.8 Å². The number of benzene rings is 1. The molecule has 182 valence electrons. The third-order valence-corrected chi connectivity index (χ3v) is 6.31. The third-order valence-electron chi connectivity index (χ3n) is 5.48. The van der Waals surface area contributed by atoms with E-state index < -0.39 is 23.3 Å². The highest BCUT2D eigenvalue weighted by molar-refractivity contribution is 7.90. The van der Waals surface area contributed by atoms with Crippen LogP contribution in [0.2, 0.25) is 0 Å². The van der Waals surface area contributed by atoms with Crippen molar-refractivity contribution in [2.24, 2.45) is 0 Å². The van der Waals surface area contributed by atoms with Crippen LogP contribution in [-0.2, 0) is 24.1 Å². The fraction of sp³-hybridized carbons (Fsp3) is 0.250. The summed E-state index contributed by atoms with van der Waals surface area (Å²) in [6.07, 6.45) is 3.95. The second kappa shape index (κ2) is 10.2. The van der Waals surface area contributed by atoms with Crippen LogP contribution in [0.15, 0.2) is 53.7 Å². The van der Waals surface area contributed by atoms with E-state index in [2.05, 4.69) is 9.97 Å². The lowest BCUT2D eigenvalue weighted by Crippen LogP contribution is -2.15. The molecule has 0 saturated heterocycles. The smallest absolute Gasteiger partial charge is 0.512 e. The van der Waals surface area contributed by atoms with Gasteiger partial charge in [0.15, 0.2) is 0 Å². The lowest BCUT2D eigenvalue weighted by atomic mass is 10.1. The molecule has 0 aliphatic carbocycles. The first kappa shape index (κ1) is 24.3. The van der Waals surface area contributed by atoms with Gasteiger partial charge in [-0.05, 0) is 24.1 Å². The molecule has 0 radical (unpaired) electrons. The average molecular weight is 497 g/mol. The van der Waals surface area contributed by atoms with Gasteiger partial charge in [-0.3, -0.25) is 4.40 Å². The number of rotatable bonds is 9. The maximum atomic E-state index is 12.2. The Labute approximate surface area is 204 Å². The molecule has 0 aliphatic rings. The number of nitrogens with zero attached hydrogens (tertiary/aromatic N) is 4. The van der Waals surface area contributed by atoms with Gasteiger partial charge >= 0.3 is 12.1 Å². The van der Waals surface area contributed by atoms with Crippen LogP contribution < -0.4 is 4.74 Å². The molecule has 35 heavy (non-hydrogen) atoms. The average Bonchev–Trinajstić information content (AvgIpc) is 3.37. The van der Waals surface area contributed by atoms with E-state index in [1.54, 1.807) is 45.5 Å². The molecule has 1 unspecified atom stereocenters. The number of aromatic nitrogens is 4. The second-order valence-electron chi connectivity index (χ2n) is 7.89. The quantitative estimate of drug-likeness (QED) is 0.261. The summed E-state index contributed by atoms with van der Waals surface area (Å²) in [7, 11) is 0. The summed E-state index contributed by atoms with van der Waals surface area (Å²) in [6.45, 7) is 2.26. The van der Waals surface area contributed by atoms with Gasteiger partial charge in [0.25, 0.3) is 5.03 Å². The summed E-state index contributed by atoms with van der Waals surface area (Å²) in [5.74, 6) is -0.515. The fourth-order valence-electron chi connectivity index (χ4n) is 3.87.